The van der Waals surface area contributed by atoms with Gasteiger partial charge in [0.05, 0.1) is 16.6 Å². The van der Waals surface area contributed by atoms with Crippen LogP contribution in [0.25, 0.3) is 6.08 Å². The Hall–Kier alpha value is -3.39. The van der Waals surface area contributed by atoms with E-state index in [9.17, 15) is 14.9 Å². The maximum atomic E-state index is 12.2. The largest absolute Gasteiger partial charge is 0.454 e. The molecular weight excluding hydrogens is 398 g/mol. The van der Waals surface area contributed by atoms with Crippen LogP contribution in [-0.4, -0.2) is 35.6 Å². The lowest BCUT2D eigenvalue weighted by atomic mass is 10.1. The standard InChI is InChI=1S/C23H25N3O5/c27-23(9-8-19-12-21-22(31-16-30-21)13-20(19)26(28)29)24-14-17-4-6-18(7-5-17)15-25-10-2-1-3-11-25/h4-9,12-13H,1-3,10-11,14-16H2,(H,24,27)/b9-8+. The lowest BCUT2D eigenvalue weighted by Crippen LogP contribution is -2.29. The third-order valence-electron chi connectivity index (χ3n) is 5.48. The van der Waals surface area contributed by atoms with E-state index in [0.717, 1.165) is 25.2 Å². The van der Waals surface area contributed by atoms with E-state index in [1.165, 1.54) is 49.1 Å². The Morgan fingerprint density at radius 3 is 2.45 bits per heavy atom. The molecule has 31 heavy (non-hydrogen) atoms. The second-order valence-corrected chi connectivity index (χ2v) is 7.73. The first kappa shape index (κ1) is 20.9. The summed E-state index contributed by atoms with van der Waals surface area (Å²) in [7, 11) is 0. The van der Waals surface area contributed by atoms with Crippen molar-refractivity contribution in [1.82, 2.24) is 10.2 Å². The van der Waals surface area contributed by atoms with Gasteiger partial charge in [-0.1, -0.05) is 30.7 Å². The molecule has 0 spiro atoms. The van der Waals surface area contributed by atoms with E-state index in [1.807, 2.05) is 12.1 Å². The van der Waals surface area contributed by atoms with E-state index >= 15 is 0 Å². The summed E-state index contributed by atoms with van der Waals surface area (Å²) in [4.78, 5) is 25.5. The quantitative estimate of drug-likeness (QED) is 0.415. The van der Waals surface area contributed by atoms with Crippen molar-refractivity contribution in [2.75, 3.05) is 19.9 Å². The fourth-order valence-electron chi connectivity index (χ4n) is 3.79. The van der Waals surface area contributed by atoms with Crippen LogP contribution >= 0.6 is 0 Å². The summed E-state index contributed by atoms with van der Waals surface area (Å²) in [6, 6.07) is 11.1. The number of rotatable bonds is 7. The van der Waals surface area contributed by atoms with E-state index in [-0.39, 0.29) is 24.0 Å². The number of ether oxygens (including phenoxy) is 2. The highest BCUT2D eigenvalue weighted by Crippen LogP contribution is 2.38. The molecule has 162 valence electrons. The predicted octanol–water partition coefficient (Wildman–Crippen LogP) is 3.64. The molecule has 0 unspecified atom stereocenters. The number of nitrogens with one attached hydrogen (secondary N) is 1. The summed E-state index contributed by atoms with van der Waals surface area (Å²) in [6.07, 6.45) is 6.57. The van der Waals surface area contributed by atoms with Crippen LogP contribution in [0.3, 0.4) is 0 Å². The monoisotopic (exact) mass is 423 g/mol. The Balaban J connectivity index is 1.32. The van der Waals surface area contributed by atoms with Crippen molar-refractivity contribution >= 4 is 17.7 Å². The number of nitro benzene ring substituents is 1. The van der Waals surface area contributed by atoms with Crippen LogP contribution in [0.4, 0.5) is 5.69 Å². The first-order valence-corrected chi connectivity index (χ1v) is 10.4. The van der Waals surface area contributed by atoms with Gasteiger partial charge < -0.3 is 14.8 Å². The normalized spacial score (nSPS) is 15.9. The molecule has 1 fully saturated rings. The first-order valence-electron chi connectivity index (χ1n) is 10.4. The molecule has 0 aromatic heterocycles. The van der Waals surface area contributed by atoms with Crippen LogP contribution in [0, 0.1) is 10.1 Å². The Bertz CT molecular complexity index is 981. The second-order valence-electron chi connectivity index (χ2n) is 7.73. The molecule has 2 aliphatic rings. The Labute approximate surface area is 180 Å². The second kappa shape index (κ2) is 9.61. The Morgan fingerprint density at radius 1 is 1.06 bits per heavy atom. The van der Waals surface area contributed by atoms with Gasteiger partial charge in [-0.15, -0.1) is 0 Å². The molecule has 0 atom stereocenters. The predicted molar refractivity (Wildman–Crippen MR) is 116 cm³/mol. The van der Waals surface area contributed by atoms with Gasteiger partial charge in [0.1, 0.15) is 0 Å². The van der Waals surface area contributed by atoms with Gasteiger partial charge in [0.15, 0.2) is 11.5 Å². The fourth-order valence-corrected chi connectivity index (χ4v) is 3.79. The van der Waals surface area contributed by atoms with Gasteiger partial charge in [-0.25, -0.2) is 0 Å². The minimum absolute atomic E-state index is 0.0248. The summed E-state index contributed by atoms with van der Waals surface area (Å²) in [5, 5.41) is 14.1. The SMILES string of the molecule is O=C(/C=C/c1cc2c(cc1[N+](=O)[O-])OCO2)NCc1ccc(CN2CCCCC2)cc1. The number of hydrogen-bond donors (Lipinski definition) is 1. The third kappa shape index (κ3) is 5.40. The Kier molecular flexibility index (Phi) is 6.47. The number of nitro groups is 1. The molecule has 8 nitrogen and oxygen atoms in total. The molecule has 0 aliphatic carbocycles. The van der Waals surface area contributed by atoms with Crippen molar-refractivity contribution in [2.24, 2.45) is 0 Å². The number of amides is 1. The number of piperidine rings is 1. The molecule has 0 radical (unpaired) electrons. The molecule has 1 amide bonds. The molecule has 2 aromatic carbocycles. The van der Waals surface area contributed by atoms with Crippen LogP contribution in [0.5, 0.6) is 11.5 Å². The zero-order valence-corrected chi connectivity index (χ0v) is 17.2. The molecule has 4 rings (SSSR count). The molecular formula is C23H25N3O5. The Morgan fingerprint density at radius 2 is 1.74 bits per heavy atom. The summed E-state index contributed by atoms with van der Waals surface area (Å²) < 4.78 is 10.4. The first-order chi connectivity index (χ1) is 15.1. The van der Waals surface area contributed by atoms with Crippen LogP contribution in [0.1, 0.15) is 36.0 Å². The van der Waals surface area contributed by atoms with Gasteiger partial charge in [0.2, 0.25) is 12.7 Å². The van der Waals surface area contributed by atoms with E-state index < -0.39 is 4.92 Å². The maximum absolute atomic E-state index is 12.2. The lowest BCUT2D eigenvalue weighted by Gasteiger charge is -2.26. The number of carbonyl (C=O) groups is 1. The summed E-state index contributed by atoms with van der Waals surface area (Å²) in [5.74, 6) is 0.427. The molecule has 2 aliphatic heterocycles. The van der Waals surface area contributed by atoms with E-state index in [2.05, 4.69) is 22.3 Å². The number of hydrogen-bond acceptors (Lipinski definition) is 6. The molecule has 2 aromatic rings. The van der Waals surface area contributed by atoms with Crippen LogP contribution in [0.2, 0.25) is 0 Å². The smallest absolute Gasteiger partial charge is 0.280 e. The van der Waals surface area contributed by atoms with Gasteiger partial charge in [0.25, 0.3) is 5.69 Å². The maximum Gasteiger partial charge on any atom is 0.280 e. The zero-order valence-electron chi connectivity index (χ0n) is 17.2. The number of carbonyl (C=O) groups excluding carboxylic acids is 1. The minimum Gasteiger partial charge on any atom is -0.454 e. The average Bonchev–Trinajstić information content (AvgIpc) is 3.24. The number of nitrogens with zero attached hydrogens (tertiary/aromatic N) is 2. The van der Waals surface area contributed by atoms with Crippen LogP contribution in [-0.2, 0) is 17.9 Å². The highest BCUT2D eigenvalue weighted by molar-refractivity contribution is 5.92. The van der Waals surface area contributed by atoms with Crippen molar-refractivity contribution in [2.45, 2.75) is 32.4 Å². The summed E-state index contributed by atoms with van der Waals surface area (Å²) in [5.41, 5.74) is 2.41. The van der Waals surface area contributed by atoms with Crippen molar-refractivity contribution in [1.29, 1.82) is 0 Å². The van der Waals surface area contributed by atoms with Crippen LogP contribution in [0.15, 0.2) is 42.5 Å². The number of benzene rings is 2. The van der Waals surface area contributed by atoms with Gasteiger partial charge in [-0.3, -0.25) is 19.8 Å². The minimum atomic E-state index is -0.509. The van der Waals surface area contributed by atoms with Crippen molar-refractivity contribution in [3.05, 3.63) is 69.3 Å². The average molecular weight is 423 g/mol. The third-order valence-corrected chi connectivity index (χ3v) is 5.48. The van der Waals surface area contributed by atoms with Crippen LogP contribution < -0.4 is 14.8 Å². The highest BCUT2D eigenvalue weighted by atomic mass is 16.7. The summed E-state index contributed by atoms with van der Waals surface area (Å²) >= 11 is 0. The lowest BCUT2D eigenvalue weighted by molar-refractivity contribution is -0.385. The number of likely N-dealkylation sites (tertiary alicyclic amines) is 1. The van der Waals surface area contributed by atoms with Gasteiger partial charge in [-0.05, 0) is 49.2 Å². The topological polar surface area (TPSA) is 93.9 Å². The van der Waals surface area contributed by atoms with Crippen molar-refractivity contribution in [3.8, 4) is 11.5 Å². The van der Waals surface area contributed by atoms with E-state index in [1.54, 1.807) is 0 Å². The highest BCUT2D eigenvalue weighted by Gasteiger charge is 2.22. The molecule has 1 saturated heterocycles. The fraction of sp³-hybridized carbons (Fsp3) is 0.348. The number of fused-ring (bicyclic) bond motifs is 1. The summed E-state index contributed by atoms with van der Waals surface area (Å²) in [6.45, 7) is 3.69. The van der Waals surface area contributed by atoms with Gasteiger partial charge >= 0.3 is 0 Å². The molecule has 2 heterocycles. The van der Waals surface area contributed by atoms with Gasteiger partial charge in [-0.2, -0.15) is 0 Å². The van der Waals surface area contributed by atoms with Gasteiger partial charge in [0, 0.05) is 19.2 Å². The molecule has 1 N–H and O–H groups in total. The van der Waals surface area contributed by atoms with E-state index in [4.69, 9.17) is 9.47 Å². The molecule has 0 saturated carbocycles. The molecule has 8 heteroatoms. The van der Waals surface area contributed by atoms with Crippen molar-refractivity contribution in [3.63, 3.8) is 0 Å². The van der Waals surface area contributed by atoms with Crippen molar-refractivity contribution < 1.29 is 19.2 Å². The molecule has 0 bridgehead atoms. The zero-order chi connectivity index (χ0) is 21.6. The van der Waals surface area contributed by atoms with E-state index in [0.29, 0.717) is 18.0 Å².